The van der Waals surface area contributed by atoms with Gasteiger partial charge >= 0.3 is 0 Å². The van der Waals surface area contributed by atoms with Crippen LogP contribution in [-0.4, -0.2) is 40.4 Å². The number of nitrogens with one attached hydrogen (secondary N) is 2. The van der Waals surface area contributed by atoms with Crippen molar-refractivity contribution in [3.05, 3.63) is 41.4 Å². The summed E-state index contributed by atoms with van der Waals surface area (Å²) in [6.07, 6.45) is 0.743. The molecule has 4 N–H and O–H groups in total. The molecule has 0 saturated carbocycles. The Hall–Kier alpha value is -1.96. The molecule has 6 nitrogen and oxygen atoms in total. The molecular weight excluding hydrogens is 278 g/mol. The molecule has 7 heteroatoms. The topological polar surface area (TPSA) is 94.5 Å². The summed E-state index contributed by atoms with van der Waals surface area (Å²) in [6.45, 7) is -0.168. The number of nitrogens with zero attached hydrogens (tertiary/aromatic N) is 1. The van der Waals surface area contributed by atoms with E-state index in [0.717, 1.165) is 0 Å². The fourth-order valence-corrected chi connectivity index (χ4v) is 2.10. The molecular formula is C13H15N3O3S. The maximum atomic E-state index is 12.2. The van der Waals surface area contributed by atoms with Crippen LogP contribution in [0.15, 0.2) is 35.8 Å². The molecule has 1 aromatic carbocycles. The number of aromatic nitrogens is 1. The molecule has 1 unspecified atom stereocenters. The molecule has 1 atom stereocenters. The standard InChI is InChI=1S/C13H15N3O3S/c17-8-9(18)7-15-11-4-2-1-3-10(11)12(19)16-13-14-5-6-20-13/h1-6,9,15,17-18H,7-8H2,(H,14,16,19). The fourth-order valence-electron chi connectivity index (χ4n) is 1.58. The van der Waals surface area contributed by atoms with Gasteiger partial charge in [0.25, 0.3) is 5.91 Å². The smallest absolute Gasteiger partial charge is 0.259 e. The van der Waals surface area contributed by atoms with Gasteiger partial charge in [0.1, 0.15) is 0 Å². The zero-order chi connectivity index (χ0) is 14.4. The highest BCUT2D eigenvalue weighted by Crippen LogP contribution is 2.18. The number of aliphatic hydroxyl groups is 2. The van der Waals surface area contributed by atoms with E-state index in [9.17, 15) is 9.90 Å². The first-order valence-corrected chi connectivity index (χ1v) is 6.91. The van der Waals surface area contributed by atoms with Gasteiger partial charge in [-0.2, -0.15) is 0 Å². The molecule has 1 amide bonds. The van der Waals surface area contributed by atoms with Crippen LogP contribution in [0.3, 0.4) is 0 Å². The number of thiazole rings is 1. The van der Waals surface area contributed by atoms with E-state index in [-0.39, 0.29) is 19.1 Å². The first-order valence-electron chi connectivity index (χ1n) is 6.03. The lowest BCUT2D eigenvalue weighted by molar-refractivity contribution is 0.102. The summed E-state index contributed by atoms with van der Waals surface area (Å²) in [5, 5.41) is 26.1. The molecule has 0 bridgehead atoms. The number of aliphatic hydroxyl groups excluding tert-OH is 2. The number of para-hydroxylation sites is 1. The molecule has 2 rings (SSSR count). The third-order valence-corrected chi connectivity index (χ3v) is 3.25. The molecule has 0 radical (unpaired) electrons. The van der Waals surface area contributed by atoms with Gasteiger partial charge in [0.05, 0.1) is 18.3 Å². The Bertz CT molecular complexity index is 560. The van der Waals surface area contributed by atoms with Gasteiger partial charge in [0.2, 0.25) is 0 Å². The highest BCUT2D eigenvalue weighted by Gasteiger charge is 2.12. The second-order valence-corrected chi connectivity index (χ2v) is 4.95. The summed E-state index contributed by atoms with van der Waals surface area (Å²) in [4.78, 5) is 16.1. The normalized spacial score (nSPS) is 11.9. The molecule has 2 aromatic rings. The molecule has 1 heterocycles. The number of rotatable bonds is 6. The highest BCUT2D eigenvalue weighted by molar-refractivity contribution is 7.13. The Labute approximate surface area is 120 Å². The summed E-state index contributed by atoms with van der Waals surface area (Å²) < 4.78 is 0. The zero-order valence-electron chi connectivity index (χ0n) is 10.6. The number of amides is 1. The Kier molecular flexibility index (Phi) is 5.05. The number of benzene rings is 1. The maximum Gasteiger partial charge on any atom is 0.259 e. The van der Waals surface area contributed by atoms with Crippen LogP contribution in [0.4, 0.5) is 10.8 Å². The van der Waals surface area contributed by atoms with Crippen LogP contribution in [0.1, 0.15) is 10.4 Å². The maximum absolute atomic E-state index is 12.2. The lowest BCUT2D eigenvalue weighted by Crippen LogP contribution is -2.24. The van der Waals surface area contributed by atoms with E-state index in [0.29, 0.717) is 16.4 Å². The van der Waals surface area contributed by atoms with Crippen molar-refractivity contribution >= 4 is 28.1 Å². The molecule has 0 fully saturated rings. The Morgan fingerprint density at radius 2 is 2.20 bits per heavy atom. The molecule has 0 aliphatic carbocycles. The monoisotopic (exact) mass is 293 g/mol. The van der Waals surface area contributed by atoms with Gasteiger partial charge in [-0.1, -0.05) is 12.1 Å². The third-order valence-electron chi connectivity index (χ3n) is 2.56. The van der Waals surface area contributed by atoms with Gasteiger partial charge in [-0.05, 0) is 12.1 Å². The number of hydrogen-bond donors (Lipinski definition) is 4. The van der Waals surface area contributed by atoms with Crippen LogP contribution < -0.4 is 10.6 Å². The molecule has 0 spiro atoms. The van der Waals surface area contributed by atoms with Crippen molar-refractivity contribution in [3.63, 3.8) is 0 Å². The minimum atomic E-state index is -0.870. The van der Waals surface area contributed by atoms with E-state index in [4.69, 9.17) is 5.11 Å². The van der Waals surface area contributed by atoms with Gasteiger partial charge in [0, 0.05) is 23.8 Å². The SMILES string of the molecule is O=C(Nc1nccs1)c1ccccc1NCC(O)CO. The summed E-state index contributed by atoms with van der Waals surface area (Å²) >= 11 is 1.34. The quantitative estimate of drug-likeness (QED) is 0.641. The lowest BCUT2D eigenvalue weighted by Gasteiger charge is -2.13. The van der Waals surface area contributed by atoms with Crippen LogP contribution in [0.25, 0.3) is 0 Å². The molecule has 0 saturated heterocycles. The highest BCUT2D eigenvalue weighted by atomic mass is 32.1. The molecule has 0 aliphatic rings. The summed E-state index contributed by atoms with van der Waals surface area (Å²) in [6, 6.07) is 6.95. The van der Waals surface area contributed by atoms with Crippen LogP contribution in [0.2, 0.25) is 0 Å². The van der Waals surface area contributed by atoms with E-state index in [1.54, 1.807) is 35.8 Å². The number of carbonyl (C=O) groups excluding carboxylic acids is 1. The second-order valence-electron chi connectivity index (χ2n) is 4.05. The van der Waals surface area contributed by atoms with Crippen LogP contribution in [0, 0.1) is 0 Å². The predicted molar refractivity (Wildman–Crippen MR) is 78.1 cm³/mol. The third kappa shape index (κ3) is 3.77. The van der Waals surface area contributed by atoms with Crippen molar-refractivity contribution < 1.29 is 15.0 Å². The van der Waals surface area contributed by atoms with E-state index in [1.807, 2.05) is 0 Å². The number of anilines is 2. The van der Waals surface area contributed by atoms with Crippen molar-refractivity contribution in [1.82, 2.24) is 4.98 Å². The average molecular weight is 293 g/mol. The van der Waals surface area contributed by atoms with Crippen molar-refractivity contribution in [2.45, 2.75) is 6.10 Å². The lowest BCUT2D eigenvalue weighted by atomic mass is 10.1. The Balaban J connectivity index is 2.08. The average Bonchev–Trinajstić information content (AvgIpc) is 2.97. The van der Waals surface area contributed by atoms with Gasteiger partial charge in [-0.25, -0.2) is 4.98 Å². The van der Waals surface area contributed by atoms with Gasteiger partial charge in [0.15, 0.2) is 5.13 Å². The van der Waals surface area contributed by atoms with E-state index < -0.39 is 6.10 Å². The summed E-state index contributed by atoms with van der Waals surface area (Å²) in [7, 11) is 0. The van der Waals surface area contributed by atoms with Crippen molar-refractivity contribution in [3.8, 4) is 0 Å². The Morgan fingerprint density at radius 3 is 2.90 bits per heavy atom. The van der Waals surface area contributed by atoms with Crippen LogP contribution in [0.5, 0.6) is 0 Å². The minimum Gasteiger partial charge on any atom is -0.394 e. The molecule has 106 valence electrons. The van der Waals surface area contributed by atoms with E-state index in [2.05, 4.69) is 15.6 Å². The van der Waals surface area contributed by atoms with Crippen LogP contribution in [-0.2, 0) is 0 Å². The number of hydrogen-bond acceptors (Lipinski definition) is 6. The van der Waals surface area contributed by atoms with Gasteiger partial charge in [-0.3, -0.25) is 10.1 Å². The zero-order valence-corrected chi connectivity index (χ0v) is 11.4. The van der Waals surface area contributed by atoms with Gasteiger partial charge in [-0.15, -0.1) is 11.3 Å². The predicted octanol–water partition coefficient (Wildman–Crippen LogP) is 1.16. The van der Waals surface area contributed by atoms with E-state index in [1.165, 1.54) is 11.3 Å². The molecule has 1 aromatic heterocycles. The Morgan fingerprint density at radius 1 is 1.40 bits per heavy atom. The van der Waals surface area contributed by atoms with Crippen LogP contribution >= 0.6 is 11.3 Å². The minimum absolute atomic E-state index is 0.165. The summed E-state index contributed by atoms with van der Waals surface area (Å²) in [5.74, 6) is -0.276. The second kappa shape index (κ2) is 6.99. The largest absolute Gasteiger partial charge is 0.394 e. The van der Waals surface area contributed by atoms with Crippen molar-refractivity contribution in [2.24, 2.45) is 0 Å². The van der Waals surface area contributed by atoms with Crippen molar-refractivity contribution in [1.29, 1.82) is 0 Å². The summed E-state index contributed by atoms with van der Waals surface area (Å²) in [5.41, 5.74) is 1.04. The fraction of sp³-hybridized carbons (Fsp3) is 0.231. The first kappa shape index (κ1) is 14.4. The number of carbonyl (C=O) groups is 1. The molecule has 0 aliphatic heterocycles. The van der Waals surface area contributed by atoms with Gasteiger partial charge < -0.3 is 15.5 Å². The van der Waals surface area contributed by atoms with E-state index >= 15 is 0 Å². The van der Waals surface area contributed by atoms with Crippen molar-refractivity contribution in [2.75, 3.05) is 23.8 Å². The first-order chi connectivity index (χ1) is 9.70. The molecule has 20 heavy (non-hydrogen) atoms.